The minimum atomic E-state index is -7.94. The average molecular weight is 440 g/mol. The van der Waals surface area contributed by atoms with Gasteiger partial charge in [0.2, 0.25) is 0 Å². The molecule has 0 unspecified atom stereocenters. The molecule has 0 bridgehead atoms. The van der Waals surface area contributed by atoms with Crippen molar-refractivity contribution in [1.29, 1.82) is 0 Å². The molecule has 0 aromatic heterocycles. The van der Waals surface area contributed by atoms with Crippen LogP contribution in [0.3, 0.4) is 0 Å². The van der Waals surface area contributed by atoms with Crippen LogP contribution in [0.2, 0.25) is 0 Å². The summed E-state index contributed by atoms with van der Waals surface area (Å²) >= 11 is 0. The zero-order valence-corrected chi connectivity index (χ0v) is 13.3. The topological polar surface area (TPSA) is 9.23 Å². The minimum absolute atomic E-state index is 0.309. The van der Waals surface area contributed by atoms with Crippen molar-refractivity contribution < 1.29 is 61.8 Å². The van der Waals surface area contributed by atoms with Crippen LogP contribution in [-0.4, -0.2) is 36.0 Å². The molecule has 28 heavy (non-hydrogen) atoms. The molecule has 14 heteroatoms. The molecule has 0 saturated carbocycles. The highest BCUT2D eigenvalue weighted by Crippen LogP contribution is 2.60. The molecule has 0 heterocycles. The predicted molar refractivity (Wildman–Crippen MR) is 67.2 cm³/mol. The van der Waals surface area contributed by atoms with Crippen molar-refractivity contribution in [3.8, 4) is 5.75 Å². The molecule has 1 aromatic rings. The lowest BCUT2D eigenvalue weighted by Gasteiger charge is -2.39. The van der Waals surface area contributed by atoms with E-state index in [-0.39, 0.29) is 0 Å². The Hall–Kier alpha value is -1.89. The Morgan fingerprint density at radius 1 is 0.607 bits per heavy atom. The lowest BCUT2D eigenvalue weighted by Crippen LogP contribution is -2.70. The summed E-state index contributed by atoms with van der Waals surface area (Å²) in [6.07, 6.45) is -13.7. The van der Waals surface area contributed by atoms with E-state index in [9.17, 15) is 57.1 Å². The van der Waals surface area contributed by atoms with Crippen LogP contribution >= 0.6 is 0 Å². The standard InChI is InChI=1S/C14H9F13O/c1-2-7-3-5-8(6-4-7)28-14(26,27)12(21,22)10(17,18)9(15,16)11(19,20)13(23,24)25/h3-6H,2H2,1H3. The number of rotatable bonds is 7. The third-order valence-corrected chi connectivity index (χ3v) is 3.48. The molecule has 0 saturated heterocycles. The maximum Gasteiger partial charge on any atom is 0.471 e. The minimum Gasteiger partial charge on any atom is -0.428 e. The number of hydrogen-bond acceptors (Lipinski definition) is 1. The molecular weight excluding hydrogens is 431 g/mol. The van der Waals surface area contributed by atoms with Gasteiger partial charge in [0.05, 0.1) is 0 Å². The van der Waals surface area contributed by atoms with Gasteiger partial charge in [-0.05, 0) is 24.1 Å². The number of hydrogen-bond donors (Lipinski definition) is 0. The summed E-state index contributed by atoms with van der Waals surface area (Å²) in [5, 5.41) is 0. The third-order valence-electron chi connectivity index (χ3n) is 3.48. The molecular formula is C14H9F13O. The van der Waals surface area contributed by atoms with Gasteiger partial charge < -0.3 is 4.74 Å². The molecule has 0 fully saturated rings. The van der Waals surface area contributed by atoms with Crippen molar-refractivity contribution >= 4 is 0 Å². The lowest BCUT2D eigenvalue weighted by molar-refractivity contribution is -0.456. The van der Waals surface area contributed by atoms with E-state index in [0.29, 0.717) is 24.1 Å². The number of alkyl halides is 13. The fraction of sp³-hybridized carbons (Fsp3) is 0.571. The van der Waals surface area contributed by atoms with Gasteiger partial charge in [0.25, 0.3) is 0 Å². The van der Waals surface area contributed by atoms with Crippen molar-refractivity contribution in [3.63, 3.8) is 0 Å². The highest BCUT2D eigenvalue weighted by molar-refractivity contribution is 5.28. The van der Waals surface area contributed by atoms with Crippen molar-refractivity contribution in [2.24, 2.45) is 0 Å². The van der Waals surface area contributed by atoms with Crippen LogP contribution in [0.1, 0.15) is 12.5 Å². The number of halogens is 13. The summed E-state index contributed by atoms with van der Waals surface area (Å²) in [7, 11) is 0. The van der Waals surface area contributed by atoms with Crippen LogP contribution in [0.4, 0.5) is 57.1 Å². The van der Waals surface area contributed by atoms with E-state index < -0.39 is 41.7 Å². The summed E-state index contributed by atoms with van der Waals surface area (Å²) in [5.74, 6) is -32.3. The van der Waals surface area contributed by atoms with Gasteiger partial charge in [-0.25, -0.2) is 0 Å². The second-order valence-electron chi connectivity index (χ2n) is 5.41. The first-order valence-corrected chi connectivity index (χ1v) is 7.00. The summed E-state index contributed by atoms with van der Waals surface area (Å²) in [5.41, 5.74) is 0.420. The first-order chi connectivity index (χ1) is 12.3. The monoisotopic (exact) mass is 440 g/mol. The predicted octanol–water partition coefficient (Wildman–Crippen LogP) is 6.32. The molecule has 0 amide bonds. The molecule has 1 aromatic carbocycles. The van der Waals surface area contributed by atoms with Gasteiger partial charge in [0, 0.05) is 0 Å². The Balaban J connectivity index is 3.35. The van der Waals surface area contributed by atoms with E-state index in [4.69, 9.17) is 0 Å². The molecule has 162 valence electrons. The second kappa shape index (κ2) is 6.87. The molecule has 1 nitrogen and oxygen atoms in total. The maximum atomic E-state index is 13.5. The maximum absolute atomic E-state index is 13.5. The van der Waals surface area contributed by atoms with Crippen molar-refractivity contribution in [1.82, 2.24) is 0 Å². The molecule has 0 atom stereocenters. The van der Waals surface area contributed by atoms with E-state index in [1.54, 1.807) is 6.92 Å². The van der Waals surface area contributed by atoms with Crippen LogP contribution in [-0.2, 0) is 6.42 Å². The average Bonchev–Trinajstić information content (AvgIpc) is 2.53. The quantitative estimate of drug-likeness (QED) is 0.451. The fourth-order valence-corrected chi connectivity index (χ4v) is 1.76. The Kier molecular flexibility index (Phi) is 5.92. The SMILES string of the molecule is CCc1ccc(OC(F)(F)C(F)(F)C(F)(F)C(F)(F)C(F)(F)C(F)(F)F)cc1. The Bertz CT molecular complexity index is 675. The lowest BCUT2D eigenvalue weighted by atomic mass is 9.97. The van der Waals surface area contributed by atoms with Crippen molar-refractivity contribution in [2.75, 3.05) is 0 Å². The van der Waals surface area contributed by atoms with Crippen LogP contribution in [0.15, 0.2) is 24.3 Å². The summed E-state index contributed by atoms with van der Waals surface area (Å²) < 4.78 is 171. The van der Waals surface area contributed by atoms with E-state index >= 15 is 0 Å². The highest BCUT2D eigenvalue weighted by atomic mass is 19.4. The molecule has 0 aliphatic rings. The second-order valence-corrected chi connectivity index (χ2v) is 5.41. The fourth-order valence-electron chi connectivity index (χ4n) is 1.76. The van der Waals surface area contributed by atoms with Gasteiger partial charge in [-0.15, -0.1) is 0 Å². The number of ether oxygens (including phenoxy) is 1. The largest absolute Gasteiger partial charge is 0.471 e. The molecule has 0 aliphatic carbocycles. The normalized spacial score (nSPS) is 14.9. The Morgan fingerprint density at radius 3 is 1.36 bits per heavy atom. The summed E-state index contributed by atoms with van der Waals surface area (Å²) in [6, 6.07) is 3.08. The molecule has 0 aliphatic heterocycles. The van der Waals surface area contributed by atoms with Gasteiger partial charge in [0.1, 0.15) is 5.75 Å². The van der Waals surface area contributed by atoms with E-state index in [2.05, 4.69) is 4.74 Å². The molecule has 1 rings (SSSR count). The van der Waals surface area contributed by atoms with E-state index in [1.807, 2.05) is 0 Å². The summed E-state index contributed by atoms with van der Waals surface area (Å²) in [6.45, 7) is 1.57. The van der Waals surface area contributed by atoms with Gasteiger partial charge in [-0.3, -0.25) is 0 Å². The summed E-state index contributed by atoms with van der Waals surface area (Å²) in [4.78, 5) is 0. The van der Waals surface area contributed by atoms with E-state index in [1.165, 1.54) is 0 Å². The van der Waals surface area contributed by atoms with Crippen LogP contribution in [0.25, 0.3) is 0 Å². The van der Waals surface area contributed by atoms with E-state index in [0.717, 1.165) is 12.1 Å². The smallest absolute Gasteiger partial charge is 0.428 e. The van der Waals surface area contributed by atoms with Gasteiger partial charge in [-0.1, -0.05) is 19.1 Å². The zero-order chi connectivity index (χ0) is 22.4. The molecule has 0 spiro atoms. The van der Waals surface area contributed by atoms with Crippen molar-refractivity contribution in [3.05, 3.63) is 29.8 Å². The third kappa shape index (κ3) is 3.56. The van der Waals surface area contributed by atoms with Gasteiger partial charge in [-0.2, -0.15) is 57.1 Å². The zero-order valence-electron chi connectivity index (χ0n) is 13.3. The molecule has 0 radical (unpaired) electrons. The first kappa shape index (κ1) is 24.1. The number of aryl methyl sites for hydroxylation is 1. The van der Waals surface area contributed by atoms with Crippen molar-refractivity contribution in [2.45, 2.75) is 49.3 Å². The first-order valence-electron chi connectivity index (χ1n) is 7.00. The van der Waals surface area contributed by atoms with Crippen LogP contribution in [0, 0.1) is 0 Å². The number of benzene rings is 1. The Morgan fingerprint density at radius 2 is 1.00 bits per heavy atom. The molecule has 0 N–H and O–H groups in total. The van der Waals surface area contributed by atoms with Gasteiger partial charge >= 0.3 is 36.0 Å². The Labute approximate surface area is 148 Å². The van der Waals surface area contributed by atoms with Gasteiger partial charge in [0.15, 0.2) is 0 Å². The highest BCUT2D eigenvalue weighted by Gasteiger charge is 2.91. The van der Waals surface area contributed by atoms with Crippen LogP contribution < -0.4 is 4.74 Å². The van der Waals surface area contributed by atoms with Crippen LogP contribution in [0.5, 0.6) is 5.75 Å².